The molecule has 1 aromatic heterocycles. The molecule has 0 unspecified atom stereocenters. The van der Waals surface area contributed by atoms with E-state index in [1.165, 1.54) is 12.1 Å². The fourth-order valence-electron chi connectivity index (χ4n) is 2.50. The number of amides is 1. The number of piperazine rings is 1. The first kappa shape index (κ1) is 14.6. The standard InChI is InChI=1S/C12H15ClN4O3S/c13-10-4-3-9(21(14,19)20)12(15-10)16-5-6-17(8-1-2-8)11(18)7-16/h3-4,8H,1-2,5-7H2,(H2,14,19,20). The number of nitrogens with two attached hydrogens (primary N) is 1. The van der Waals surface area contributed by atoms with E-state index in [0.717, 1.165) is 12.8 Å². The lowest BCUT2D eigenvalue weighted by Crippen LogP contribution is -2.51. The van der Waals surface area contributed by atoms with E-state index in [1.54, 1.807) is 4.90 Å². The Bertz CT molecular complexity index is 690. The summed E-state index contributed by atoms with van der Waals surface area (Å²) in [6.45, 7) is 1.16. The van der Waals surface area contributed by atoms with Crippen molar-refractivity contribution in [1.82, 2.24) is 9.88 Å². The van der Waals surface area contributed by atoms with E-state index in [-0.39, 0.29) is 28.3 Å². The van der Waals surface area contributed by atoms with Crippen LogP contribution < -0.4 is 10.0 Å². The molecule has 0 bridgehead atoms. The number of carbonyl (C=O) groups excluding carboxylic acids is 1. The minimum Gasteiger partial charge on any atom is -0.344 e. The molecule has 2 N–H and O–H groups in total. The maximum Gasteiger partial charge on any atom is 0.242 e. The molecule has 1 aliphatic carbocycles. The van der Waals surface area contributed by atoms with Gasteiger partial charge in [-0.05, 0) is 25.0 Å². The Morgan fingerprint density at radius 2 is 2.00 bits per heavy atom. The van der Waals surface area contributed by atoms with Crippen LogP contribution in [0.1, 0.15) is 12.8 Å². The average molecular weight is 331 g/mol. The highest BCUT2D eigenvalue weighted by molar-refractivity contribution is 7.89. The fourth-order valence-corrected chi connectivity index (χ4v) is 3.33. The maximum absolute atomic E-state index is 12.1. The van der Waals surface area contributed by atoms with Gasteiger partial charge in [0.2, 0.25) is 15.9 Å². The van der Waals surface area contributed by atoms with Crippen LogP contribution in [0.15, 0.2) is 17.0 Å². The second-order valence-corrected chi connectivity index (χ2v) is 7.16. The molecule has 3 rings (SSSR count). The summed E-state index contributed by atoms with van der Waals surface area (Å²) >= 11 is 5.84. The Hall–Kier alpha value is -1.38. The van der Waals surface area contributed by atoms with Crippen LogP contribution >= 0.6 is 11.6 Å². The van der Waals surface area contributed by atoms with Crippen molar-refractivity contribution in [3.63, 3.8) is 0 Å². The molecule has 0 radical (unpaired) electrons. The molecule has 114 valence electrons. The van der Waals surface area contributed by atoms with E-state index in [1.807, 2.05) is 4.90 Å². The number of carbonyl (C=O) groups is 1. The maximum atomic E-state index is 12.1. The zero-order valence-corrected chi connectivity index (χ0v) is 12.8. The summed E-state index contributed by atoms with van der Waals surface area (Å²) < 4.78 is 23.3. The summed E-state index contributed by atoms with van der Waals surface area (Å²) in [6, 6.07) is 3.04. The van der Waals surface area contributed by atoms with Gasteiger partial charge in [0.25, 0.3) is 0 Å². The molecule has 0 atom stereocenters. The molecule has 2 aliphatic rings. The molecule has 21 heavy (non-hydrogen) atoms. The molecule has 1 aliphatic heterocycles. The van der Waals surface area contributed by atoms with Crippen molar-refractivity contribution in [2.24, 2.45) is 5.14 Å². The van der Waals surface area contributed by atoms with Crippen molar-refractivity contribution in [3.8, 4) is 0 Å². The van der Waals surface area contributed by atoms with Crippen LogP contribution in [-0.4, -0.2) is 49.9 Å². The van der Waals surface area contributed by atoms with Gasteiger partial charge in [-0.15, -0.1) is 0 Å². The molecule has 1 aromatic rings. The molecule has 0 spiro atoms. The van der Waals surface area contributed by atoms with Crippen LogP contribution in [0.3, 0.4) is 0 Å². The van der Waals surface area contributed by atoms with Crippen molar-refractivity contribution < 1.29 is 13.2 Å². The molecule has 0 aromatic carbocycles. The smallest absolute Gasteiger partial charge is 0.242 e. The molecule has 7 nitrogen and oxygen atoms in total. The minimum absolute atomic E-state index is 0.0223. The van der Waals surface area contributed by atoms with Crippen molar-refractivity contribution in [1.29, 1.82) is 0 Å². The highest BCUT2D eigenvalue weighted by atomic mass is 35.5. The van der Waals surface area contributed by atoms with Gasteiger partial charge in [-0.25, -0.2) is 18.5 Å². The third kappa shape index (κ3) is 2.97. The van der Waals surface area contributed by atoms with Gasteiger partial charge in [0.15, 0.2) is 5.82 Å². The Morgan fingerprint density at radius 3 is 2.57 bits per heavy atom. The lowest BCUT2D eigenvalue weighted by molar-refractivity contribution is -0.131. The van der Waals surface area contributed by atoms with E-state index in [2.05, 4.69) is 4.98 Å². The molecule has 2 fully saturated rings. The average Bonchev–Trinajstić information content (AvgIpc) is 3.21. The van der Waals surface area contributed by atoms with Gasteiger partial charge in [-0.3, -0.25) is 4.79 Å². The number of hydrogen-bond donors (Lipinski definition) is 1. The predicted octanol–water partition coefficient (Wildman–Crippen LogP) is 0.193. The van der Waals surface area contributed by atoms with Gasteiger partial charge in [0.1, 0.15) is 10.0 Å². The van der Waals surface area contributed by atoms with E-state index in [4.69, 9.17) is 16.7 Å². The van der Waals surface area contributed by atoms with Crippen LogP contribution in [0.4, 0.5) is 5.82 Å². The molecule has 1 amide bonds. The van der Waals surface area contributed by atoms with Gasteiger partial charge in [0, 0.05) is 19.1 Å². The van der Waals surface area contributed by atoms with Gasteiger partial charge >= 0.3 is 0 Å². The van der Waals surface area contributed by atoms with Crippen molar-refractivity contribution >= 4 is 33.3 Å². The van der Waals surface area contributed by atoms with Crippen LogP contribution in [0, 0.1) is 0 Å². The minimum atomic E-state index is -3.92. The van der Waals surface area contributed by atoms with Gasteiger partial charge in [-0.2, -0.15) is 0 Å². The van der Waals surface area contributed by atoms with Crippen molar-refractivity contribution in [3.05, 3.63) is 17.3 Å². The van der Waals surface area contributed by atoms with E-state index < -0.39 is 10.0 Å². The number of aromatic nitrogens is 1. The fraction of sp³-hybridized carbons (Fsp3) is 0.500. The van der Waals surface area contributed by atoms with E-state index >= 15 is 0 Å². The summed E-state index contributed by atoms with van der Waals surface area (Å²) in [5.74, 6) is 0.125. The number of halogens is 1. The Kier molecular flexibility index (Phi) is 3.54. The molecule has 1 saturated heterocycles. The molecular weight excluding hydrogens is 316 g/mol. The third-order valence-corrected chi connectivity index (χ3v) is 4.80. The lowest BCUT2D eigenvalue weighted by Gasteiger charge is -2.35. The molecule has 9 heteroatoms. The summed E-state index contributed by atoms with van der Waals surface area (Å²) in [4.78, 5) is 19.5. The molecule has 2 heterocycles. The van der Waals surface area contributed by atoms with Crippen LogP contribution in [0.5, 0.6) is 0 Å². The summed E-state index contributed by atoms with van der Waals surface area (Å²) in [6.07, 6.45) is 2.09. The van der Waals surface area contributed by atoms with Crippen LogP contribution in [0.2, 0.25) is 5.15 Å². The van der Waals surface area contributed by atoms with E-state index in [9.17, 15) is 13.2 Å². The summed E-state index contributed by atoms with van der Waals surface area (Å²) in [7, 11) is -3.92. The highest BCUT2D eigenvalue weighted by Crippen LogP contribution is 2.30. The zero-order valence-electron chi connectivity index (χ0n) is 11.2. The second kappa shape index (κ2) is 5.11. The van der Waals surface area contributed by atoms with Gasteiger partial charge in [0.05, 0.1) is 6.54 Å². The summed E-state index contributed by atoms with van der Waals surface area (Å²) in [5, 5.41) is 5.36. The van der Waals surface area contributed by atoms with Crippen molar-refractivity contribution in [2.75, 3.05) is 24.5 Å². The second-order valence-electron chi connectivity index (χ2n) is 5.24. The quantitative estimate of drug-likeness (QED) is 0.798. The van der Waals surface area contributed by atoms with Crippen LogP contribution in [0.25, 0.3) is 0 Å². The Labute approximate surface area is 127 Å². The number of anilines is 1. The third-order valence-electron chi connectivity index (χ3n) is 3.66. The first-order valence-electron chi connectivity index (χ1n) is 6.60. The van der Waals surface area contributed by atoms with Crippen molar-refractivity contribution in [2.45, 2.75) is 23.8 Å². The SMILES string of the molecule is NS(=O)(=O)c1ccc(Cl)nc1N1CCN(C2CC2)C(=O)C1. The highest BCUT2D eigenvalue weighted by Gasteiger charge is 2.36. The number of sulfonamides is 1. The van der Waals surface area contributed by atoms with E-state index in [0.29, 0.717) is 19.1 Å². The lowest BCUT2D eigenvalue weighted by atomic mass is 10.3. The Morgan fingerprint density at radius 1 is 1.29 bits per heavy atom. The largest absolute Gasteiger partial charge is 0.344 e. The number of nitrogens with zero attached hydrogens (tertiary/aromatic N) is 3. The van der Waals surface area contributed by atoms with Gasteiger partial charge in [-0.1, -0.05) is 11.6 Å². The van der Waals surface area contributed by atoms with Crippen LogP contribution in [-0.2, 0) is 14.8 Å². The zero-order chi connectivity index (χ0) is 15.2. The molecular formula is C12H15ClN4O3S. The monoisotopic (exact) mass is 330 g/mol. The predicted molar refractivity (Wildman–Crippen MR) is 77.6 cm³/mol. The number of rotatable bonds is 3. The number of primary sulfonamides is 1. The molecule has 1 saturated carbocycles. The Balaban J connectivity index is 1.90. The summed E-state index contributed by atoms with van der Waals surface area (Å²) in [5.41, 5.74) is 0. The first-order chi connectivity index (χ1) is 9.86. The number of hydrogen-bond acceptors (Lipinski definition) is 5. The van der Waals surface area contributed by atoms with Gasteiger partial charge < -0.3 is 9.80 Å². The topological polar surface area (TPSA) is 96.6 Å². The number of pyridine rings is 1. The normalized spacial score (nSPS) is 20.0. The first-order valence-corrected chi connectivity index (χ1v) is 8.52.